The van der Waals surface area contributed by atoms with Gasteiger partial charge in [-0.3, -0.25) is 0 Å². The van der Waals surface area contributed by atoms with Crippen molar-refractivity contribution in [1.29, 1.82) is 0 Å². The average Bonchev–Trinajstić information content (AvgIpc) is 2.47. The zero-order chi connectivity index (χ0) is 11.4. The summed E-state index contributed by atoms with van der Waals surface area (Å²) in [5, 5.41) is 3.28. The van der Waals surface area contributed by atoms with Gasteiger partial charge in [-0.1, -0.05) is 0 Å². The molecular weight excluding hydrogens is 274 g/mol. The lowest BCUT2D eigenvalue weighted by molar-refractivity contribution is 0.0632. The molecule has 1 aromatic heterocycles. The third-order valence-corrected chi connectivity index (χ3v) is 4.41. The molecule has 4 heteroatoms. The molecule has 0 bridgehead atoms. The summed E-state index contributed by atoms with van der Waals surface area (Å²) < 4.78 is 6.84. The van der Waals surface area contributed by atoms with E-state index in [9.17, 15) is 0 Å². The summed E-state index contributed by atoms with van der Waals surface area (Å²) in [4.78, 5) is 1.32. The monoisotopic (exact) mass is 291 g/mol. The topological polar surface area (TPSA) is 21.3 Å². The van der Waals surface area contributed by atoms with Crippen LogP contribution in [0.3, 0.4) is 0 Å². The molecule has 0 aliphatic carbocycles. The fourth-order valence-corrected chi connectivity index (χ4v) is 2.92. The molecular formula is C11H18BrNOS. The summed E-state index contributed by atoms with van der Waals surface area (Å²) in [6, 6.07) is 2.50. The maximum absolute atomic E-state index is 5.63. The lowest BCUT2D eigenvalue weighted by atomic mass is 10.2. The quantitative estimate of drug-likeness (QED) is 0.896. The number of hydrogen-bond donors (Lipinski definition) is 1. The van der Waals surface area contributed by atoms with Crippen molar-refractivity contribution in [3.63, 3.8) is 0 Å². The highest BCUT2D eigenvalue weighted by Crippen LogP contribution is 2.31. The predicted octanol–water partition coefficient (Wildman–Crippen LogP) is 3.50. The Labute approximate surface area is 104 Å². The Bertz CT molecular complexity index is 292. The van der Waals surface area contributed by atoms with E-state index < -0.39 is 0 Å². The zero-order valence-corrected chi connectivity index (χ0v) is 12.0. The molecule has 0 aliphatic heterocycles. The van der Waals surface area contributed by atoms with E-state index in [0.717, 1.165) is 6.61 Å². The standard InChI is InChI=1S/C11H18BrNOS/c1-7(2)14-6-9(13-4)10-5-8(3)11(12)15-10/h5,7,9,13H,6H2,1-4H3. The number of aryl methyl sites for hydroxylation is 1. The SMILES string of the molecule is CNC(COC(C)C)c1cc(C)c(Br)s1. The van der Waals surface area contributed by atoms with E-state index >= 15 is 0 Å². The zero-order valence-electron chi connectivity index (χ0n) is 9.63. The summed E-state index contributed by atoms with van der Waals surface area (Å²) in [6.07, 6.45) is 0.283. The van der Waals surface area contributed by atoms with Gasteiger partial charge in [0, 0.05) is 4.88 Å². The van der Waals surface area contributed by atoms with E-state index in [2.05, 4.69) is 48.1 Å². The van der Waals surface area contributed by atoms with Gasteiger partial charge in [0.05, 0.1) is 22.5 Å². The van der Waals surface area contributed by atoms with Crippen LogP contribution in [0.15, 0.2) is 9.85 Å². The van der Waals surface area contributed by atoms with E-state index in [4.69, 9.17) is 4.74 Å². The van der Waals surface area contributed by atoms with E-state index in [1.165, 1.54) is 14.2 Å². The highest BCUT2D eigenvalue weighted by molar-refractivity contribution is 9.11. The number of hydrogen-bond acceptors (Lipinski definition) is 3. The molecule has 86 valence electrons. The van der Waals surface area contributed by atoms with Crippen LogP contribution in [0.4, 0.5) is 0 Å². The molecule has 0 saturated carbocycles. The van der Waals surface area contributed by atoms with Crippen LogP contribution < -0.4 is 5.32 Å². The lowest BCUT2D eigenvalue weighted by Gasteiger charge is -2.16. The van der Waals surface area contributed by atoms with Crippen molar-refractivity contribution < 1.29 is 4.74 Å². The van der Waals surface area contributed by atoms with Crippen LogP contribution in [-0.2, 0) is 4.74 Å². The van der Waals surface area contributed by atoms with Crippen molar-refractivity contribution in [2.45, 2.75) is 32.9 Å². The number of thiophene rings is 1. The van der Waals surface area contributed by atoms with Crippen molar-refractivity contribution >= 4 is 27.3 Å². The molecule has 0 aliphatic rings. The summed E-state index contributed by atoms with van der Waals surface area (Å²) in [5.41, 5.74) is 1.29. The van der Waals surface area contributed by atoms with Crippen LogP contribution in [0.25, 0.3) is 0 Å². The second kappa shape index (κ2) is 5.99. The molecule has 1 aromatic rings. The molecule has 0 aromatic carbocycles. The fourth-order valence-electron chi connectivity index (χ4n) is 1.25. The third-order valence-electron chi connectivity index (χ3n) is 2.16. The molecule has 1 atom stereocenters. The maximum atomic E-state index is 5.63. The van der Waals surface area contributed by atoms with Gasteiger partial charge in [0.25, 0.3) is 0 Å². The number of halogens is 1. The fraction of sp³-hybridized carbons (Fsp3) is 0.636. The summed E-state index contributed by atoms with van der Waals surface area (Å²) in [7, 11) is 1.97. The van der Waals surface area contributed by atoms with E-state index in [1.54, 1.807) is 11.3 Å². The van der Waals surface area contributed by atoms with Gasteiger partial charge in [0.15, 0.2) is 0 Å². The minimum atomic E-state index is 0.283. The lowest BCUT2D eigenvalue weighted by Crippen LogP contribution is -2.22. The first kappa shape index (κ1) is 13.2. The van der Waals surface area contributed by atoms with E-state index in [0.29, 0.717) is 6.04 Å². The van der Waals surface area contributed by atoms with Gasteiger partial charge in [-0.25, -0.2) is 0 Å². The van der Waals surface area contributed by atoms with E-state index in [1.807, 2.05) is 7.05 Å². The second-order valence-corrected chi connectivity index (χ2v) is 6.23. The number of ether oxygens (including phenoxy) is 1. The van der Waals surface area contributed by atoms with E-state index in [-0.39, 0.29) is 6.10 Å². The van der Waals surface area contributed by atoms with Crippen molar-refractivity contribution in [3.8, 4) is 0 Å². The van der Waals surface area contributed by atoms with Gasteiger partial charge in [-0.15, -0.1) is 11.3 Å². The van der Waals surface area contributed by atoms with Gasteiger partial charge in [-0.2, -0.15) is 0 Å². The average molecular weight is 292 g/mol. The molecule has 2 nitrogen and oxygen atoms in total. The molecule has 0 spiro atoms. The highest BCUT2D eigenvalue weighted by Gasteiger charge is 2.14. The summed E-state index contributed by atoms with van der Waals surface area (Å²) in [5.74, 6) is 0. The Morgan fingerprint density at radius 1 is 1.53 bits per heavy atom. The van der Waals surface area contributed by atoms with Crippen molar-refractivity contribution in [1.82, 2.24) is 5.32 Å². The molecule has 0 radical (unpaired) electrons. The molecule has 0 saturated heterocycles. The maximum Gasteiger partial charge on any atom is 0.0731 e. The van der Waals surface area contributed by atoms with Crippen LogP contribution in [0.2, 0.25) is 0 Å². The smallest absolute Gasteiger partial charge is 0.0731 e. The number of rotatable bonds is 5. The van der Waals surface area contributed by atoms with Crippen molar-refractivity contribution in [2.24, 2.45) is 0 Å². The van der Waals surface area contributed by atoms with Crippen LogP contribution in [0.5, 0.6) is 0 Å². The molecule has 0 amide bonds. The third kappa shape index (κ3) is 3.87. The van der Waals surface area contributed by atoms with Crippen LogP contribution >= 0.6 is 27.3 Å². The molecule has 0 fully saturated rings. The normalized spacial score (nSPS) is 13.5. The minimum absolute atomic E-state index is 0.283. The van der Waals surface area contributed by atoms with Gasteiger partial charge in [0.2, 0.25) is 0 Å². The van der Waals surface area contributed by atoms with Gasteiger partial charge >= 0.3 is 0 Å². The van der Waals surface area contributed by atoms with Crippen molar-refractivity contribution in [3.05, 3.63) is 20.3 Å². The molecule has 1 rings (SSSR count). The van der Waals surface area contributed by atoms with Gasteiger partial charge in [0.1, 0.15) is 0 Å². The summed E-state index contributed by atoms with van der Waals surface area (Å²) in [6.45, 7) is 6.95. The second-order valence-electron chi connectivity index (χ2n) is 3.83. The number of likely N-dealkylation sites (N-methyl/N-ethyl adjacent to an activating group) is 1. The van der Waals surface area contributed by atoms with Gasteiger partial charge in [-0.05, 0) is 55.4 Å². The first-order valence-electron chi connectivity index (χ1n) is 5.09. The Kier molecular flexibility index (Phi) is 5.26. The summed E-state index contributed by atoms with van der Waals surface area (Å²) >= 11 is 5.32. The van der Waals surface area contributed by atoms with Crippen molar-refractivity contribution in [2.75, 3.05) is 13.7 Å². The molecule has 1 N–H and O–H groups in total. The van der Waals surface area contributed by atoms with Crippen LogP contribution in [0, 0.1) is 6.92 Å². The first-order chi connectivity index (χ1) is 7.04. The van der Waals surface area contributed by atoms with Gasteiger partial charge < -0.3 is 10.1 Å². The van der Waals surface area contributed by atoms with Crippen LogP contribution in [0.1, 0.15) is 30.3 Å². The van der Waals surface area contributed by atoms with Crippen LogP contribution in [-0.4, -0.2) is 19.8 Å². The Hall–Kier alpha value is 0.1000. The molecule has 15 heavy (non-hydrogen) atoms. The minimum Gasteiger partial charge on any atom is -0.377 e. The first-order valence-corrected chi connectivity index (χ1v) is 6.70. The molecule has 1 heterocycles. The largest absolute Gasteiger partial charge is 0.377 e. The highest BCUT2D eigenvalue weighted by atomic mass is 79.9. The molecule has 1 unspecified atom stereocenters. The Morgan fingerprint density at radius 2 is 2.20 bits per heavy atom. The predicted molar refractivity (Wildman–Crippen MR) is 69.6 cm³/mol. The Balaban J connectivity index is 2.65. The number of nitrogens with one attached hydrogen (secondary N) is 1. The Morgan fingerprint density at radius 3 is 2.60 bits per heavy atom.